The summed E-state index contributed by atoms with van der Waals surface area (Å²) in [6.07, 6.45) is 2.44. The van der Waals surface area contributed by atoms with E-state index in [0.29, 0.717) is 6.04 Å². The second kappa shape index (κ2) is 4.10. The van der Waals surface area contributed by atoms with Crippen LogP contribution in [-0.4, -0.2) is 9.55 Å². The van der Waals surface area contributed by atoms with E-state index in [9.17, 15) is 0 Å². The van der Waals surface area contributed by atoms with Crippen LogP contribution in [0.2, 0.25) is 0 Å². The molecule has 0 radical (unpaired) electrons. The zero-order valence-corrected chi connectivity index (χ0v) is 11.5. The van der Waals surface area contributed by atoms with Gasteiger partial charge in [-0.2, -0.15) is 0 Å². The maximum absolute atomic E-state index is 6.37. The van der Waals surface area contributed by atoms with Gasteiger partial charge < -0.3 is 10.3 Å². The molecule has 1 aliphatic rings. The predicted octanol–water partition coefficient (Wildman–Crippen LogP) is 3.93. The lowest BCUT2D eigenvalue weighted by Crippen LogP contribution is -2.02. The molecule has 2 N–H and O–H groups in total. The molecular weight excluding hydrogens is 246 g/mol. The van der Waals surface area contributed by atoms with Crippen LogP contribution in [0.3, 0.4) is 0 Å². The van der Waals surface area contributed by atoms with Crippen LogP contribution >= 0.6 is 0 Å². The van der Waals surface area contributed by atoms with Crippen molar-refractivity contribution in [3.8, 4) is 11.3 Å². The monoisotopic (exact) mass is 263 g/mol. The first kappa shape index (κ1) is 11.5. The molecule has 20 heavy (non-hydrogen) atoms. The Kier molecular flexibility index (Phi) is 2.36. The summed E-state index contributed by atoms with van der Waals surface area (Å²) in [5.41, 5.74) is 8.42. The molecule has 1 heterocycles. The van der Waals surface area contributed by atoms with Crippen LogP contribution in [0.4, 0.5) is 5.82 Å². The van der Waals surface area contributed by atoms with E-state index in [1.54, 1.807) is 0 Å². The molecule has 2 aromatic carbocycles. The summed E-state index contributed by atoms with van der Waals surface area (Å²) < 4.78 is 2.19. The van der Waals surface area contributed by atoms with Crippen LogP contribution in [0.1, 0.15) is 24.7 Å². The summed E-state index contributed by atoms with van der Waals surface area (Å²) >= 11 is 0. The fraction of sp³-hybridized carbons (Fsp3) is 0.235. The van der Waals surface area contributed by atoms with Crippen LogP contribution in [0.25, 0.3) is 22.0 Å². The minimum atomic E-state index is 0.561. The first-order valence-corrected chi connectivity index (χ1v) is 7.08. The number of imidazole rings is 1. The van der Waals surface area contributed by atoms with Gasteiger partial charge in [0.25, 0.3) is 0 Å². The van der Waals surface area contributed by atoms with Gasteiger partial charge in [-0.1, -0.05) is 42.5 Å². The van der Waals surface area contributed by atoms with Gasteiger partial charge in [0.15, 0.2) is 0 Å². The van der Waals surface area contributed by atoms with Crippen molar-refractivity contribution in [1.29, 1.82) is 0 Å². The summed E-state index contributed by atoms with van der Waals surface area (Å²) in [5.74, 6) is 1.83. The molecule has 0 atom stereocenters. The number of hydrogen-bond acceptors (Lipinski definition) is 2. The fourth-order valence-electron chi connectivity index (χ4n) is 2.99. The third-order valence-corrected chi connectivity index (χ3v) is 4.08. The molecule has 3 heteroatoms. The van der Waals surface area contributed by atoms with Crippen LogP contribution in [0.5, 0.6) is 0 Å². The van der Waals surface area contributed by atoms with Gasteiger partial charge in [-0.25, -0.2) is 4.98 Å². The highest BCUT2D eigenvalue weighted by atomic mass is 15.2. The highest BCUT2D eigenvalue weighted by molar-refractivity contribution is 5.97. The minimum absolute atomic E-state index is 0.561. The maximum Gasteiger partial charge on any atom is 0.132 e. The lowest BCUT2D eigenvalue weighted by atomic mass is 10.0. The molecule has 1 saturated carbocycles. The van der Waals surface area contributed by atoms with Crippen LogP contribution in [0, 0.1) is 6.92 Å². The number of nitrogens with zero attached hydrogens (tertiary/aromatic N) is 2. The van der Waals surface area contributed by atoms with Crippen molar-refractivity contribution in [3.05, 3.63) is 48.3 Å². The average molecular weight is 263 g/mol. The summed E-state index contributed by atoms with van der Waals surface area (Å²) in [5, 5.41) is 2.44. The number of aryl methyl sites for hydroxylation is 1. The van der Waals surface area contributed by atoms with Gasteiger partial charge in [-0.05, 0) is 30.5 Å². The summed E-state index contributed by atoms with van der Waals surface area (Å²) in [6.45, 7) is 2.04. The first-order chi connectivity index (χ1) is 9.75. The van der Waals surface area contributed by atoms with Gasteiger partial charge in [0.2, 0.25) is 0 Å². The molecule has 100 valence electrons. The van der Waals surface area contributed by atoms with E-state index in [2.05, 4.69) is 47.0 Å². The van der Waals surface area contributed by atoms with E-state index in [-0.39, 0.29) is 0 Å². The van der Waals surface area contributed by atoms with E-state index < -0.39 is 0 Å². The Morgan fingerprint density at radius 2 is 1.85 bits per heavy atom. The molecular formula is C17H17N3. The minimum Gasteiger partial charge on any atom is -0.383 e. The number of nitrogen functional groups attached to an aromatic ring is 1. The molecule has 0 aliphatic heterocycles. The SMILES string of the molecule is Cc1nc(-c2cccc3ccccc23)c(N)n1C1CC1. The van der Waals surface area contributed by atoms with Crippen LogP contribution < -0.4 is 5.73 Å². The first-order valence-electron chi connectivity index (χ1n) is 7.08. The molecule has 0 saturated heterocycles. The van der Waals surface area contributed by atoms with Gasteiger partial charge in [-0.3, -0.25) is 0 Å². The van der Waals surface area contributed by atoms with E-state index in [4.69, 9.17) is 10.7 Å². The zero-order valence-electron chi connectivity index (χ0n) is 11.5. The average Bonchev–Trinajstić information content (AvgIpc) is 3.25. The van der Waals surface area contributed by atoms with Crippen molar-refractivity contribution in [2.45, 2.75) is 25.8 Å². The van der Waals surface area contributed by atoms with E-state index in [0.717, 1.165) is 22.9 Å². The quantitative estimate of drug-likeness (QED) is 0.761. The molecule has 1 aromatic heterocycles. The van der Waals surface area contributed by atoms with Crippen molar-refractivity contribution in [2.24, 2.45) is 0 Å². The highest BCUT2D eigenvalue weighted by Gasteiger charge is 2.28. The Hall–Kier alpha value is -2.29. The number of benzene rings is 2. The topological polar surface area (TPSA) is 43.8 Å². The van der Waals surface area contributed by atoms with Gasteiger partial charge >= 0.3 is 0 Å². The number of aromatic nitrogens is 2. The second-order valence-electron chi connectivity index (χ2n) is 5.52. The van der Waals surface area contributed by atoms with Crippen molar-refractivity contribution < 1.29 is 0 Å². The zero-order chi connectivity index (χ0) is 13.7. The Morgan fingerprint density at radius 3 is 2.65 bits per heavy atom. The smallest absolute Gasteiger partial charge is 0.132 e. The van der Waals surface area contributed by atoms with Crippen LogP contribution in [-0.2, 0) is 0 Å². The summed E-state index contributed by atoms with van der Waals surface area (Å²) in [4.78, 5) is 4.73. The van der Waals surface area contributed by atoms with Crippen molar-refractivity contribution in [2.75, 3.05) is 5.73 Å². The molecule has 1 aliphatic carbocycles. The van der Waals surface area contributed by atoms with E-state index >= 15 is 0 Å². The number of rotatable bonds is 2. The Bertz CT molecular complexity index is 792. The summed E-state index contributed by atoms with van der Waals surface area (Å²) in [7, 11) is 0. The Balaban J connectivity index is 1.98. The largest absolute Gasteiger partial charge is 0.383 e. The molecule has 0 bridgehead atoms. The number of hydrogen-bond donors (Lipinski definition) is 1. The third-order valence-electron chi connectivity index (χ3n) is 4.08. The van der Waals surface area contributed by atoms with Crippen molar-refractivity contribution in [3.63, 3.8) is 0 Å². The van der Waals surface area contributed by atoms with Crippen molar-refractivity contribution in [1.82, 2.24) is 9.55 Å². The molecule has 0 unspecified atom stereocenters. The summed E-state index contributed by atoms with van der Waals surface area (Å²) in [6, 6.07) is 15.2. The molecule has 4 rings (SSSR count). The van der Waals surface area contributed by atoms with Gasteiger partial charge in [0.1, 0.15) is 17.3 Å². The normalized spacial score (nSPS) is 14.8. The predicted molar refractivity (Wildman–Crippen MR) is 82.6 cm³/mol. The molecule has 3 aromatic rings. The fourth-order valence-corrected chi connectivity index (χ4v) is 2.99. The standard InChI is InChI=1S/C17H17N3/c1-11-19-16(17(18)20(11)13-9-10-13)15-8-4-6-12-5-2-3-7-14(12)15/h2-8,13H,9-10,18H2,1H3. The third kappa shape index (κ3) is 1.63. The molecule has 0 amide bonds. The van der Waals surface area contributed by atoms with Gasteiger partial charge in [0, 0.05) is 11.6 Å². The second-order valence-corrected chi connectivity index (χ2v) is 5.52. The van der Waals surface area contributed by atoms with Crippen LogP contribution in [0.15, 0.2) is 42.5 Å². The van der Waals surface area contributed by atoms with Gasteiger partial charge in [-0.15, -0.1) is 0 Å². The highest BCUT2D eigenvalue weighted by Crippen LogP contribution is 2.41. The van der Waals surface area contributed by atoms with Gasteiger partial charge in [0.05, 0.1) is 0 Å². The lowest BCUT2D eigenvalue weighted by molar-refractivity contribution is 0.720. The Labute approximate surface area is 118 Å². The molecule has 3 nitrogen and oxygen atoms in total. The van der Waals surface area contributed by atoms with E-state index in [1.165, 1.54) is 23.6 Å². The molecule has 0 spiro atoms. The van der Waals surface area contributed by atoms with E-state index in [1.807, 2.05) is 6.92 Å². The maximum atomic E-state index is 6.37. The number of fused-ring (bicyclic) bond motifs is 1. The lowest BCUT2D eigenvalue weighted by Gasteiger charge is -2.07. The van der Waals surface area contributed by atoms with Crippen molar-refractivity contribution >= 4 is 16.6 Å². The number of nitrogens with two attached hydrogens (primary N) is 1. The molecule has 1 fully saturated rings. The number of anilines is 1. The Morgan fingerprint density at radius 1 is 1.10 bits per heavy atom.